The fourth-order valence-electron chi connectivity index (χ4n) is 2.49. The zero-order valence-electron chi connectivity index (χ0n) is 15.5. The number of hydrogen-bond donors (Lipinski definition) is 2. The lowest BCUT2D eigenvalue weighted by Crippen LogP contribution is -2.14. The molecule has 2 aromatic carbocycles. The number of rotatable bonds is 7. The Morgan fingerprint density at radius 2 is 2.00 bits per heavy atom. The maximum Gasteiger partial charge on any atom is 0.234 e. The molecule has 0 aliphatic heterocycles. The SMILES string of the molecule is COc1ccc(-c2nc(SCC(=O)Nc3cccc(C(C)C)c3)n[nH]2)cc1. The first-order valence-corrected chi connectivity index (χ1v) is 9.63. The van der Waals surface area contributed by atoms with Gasteiger partial charge in [0.2, 0.25) is 11.1 Å². The van der Waals surface area contributed by atoms with Gasteiger partial charge in [-0.05, 0) is 47.9 Å². The predicted molar refractivity (Wildman–Crippen MR) is 108 cm³/mol. The maximum atomic E-state index is 12.2. The zero-order chi connectivity index (χ0) is 19.2. The van der Waals surface area contributed by atoms with Crippen LogP contribution in [0.1, 0.15) is 25.3 Å². The van der Waals surface area contributed by atoms with Crippen LogP contribution in [-0.4, -0.2) is 34.0 Å². The van der Waals surface area contributed by atoms with Gasteiger partial charge < -0.3 is 10.1 Å². The molecule has 3 rings (SSSR count). The number of carbonyl (C=O) groups is 1. The van der Waals surface area contributed by atoms with Gasteiger partial charge in [-0.3, -0.25) is 9.89 Å². The number of carbonyl (C=O) groups excluding carboxylic acids is 1. The molecule has 2 N–H and O–H groups in total. The number of methoxy groups -OCH3 is 1. The van der Waals surface area contributed by atoms with Gasteiger partial charge in [-0.15, -0.1) is 5.10 Å². The standard InChI is InChI=1S/C20H22N4O2S/c1-13(2)15-5-4-6-16(11-15)21-18(25)12-27-20-22-19(23-24-20)14-7-9-17(26-3)10-8-14/h4-11,13H,12H2,1-3H3,(H,21,25)(H,22,23,24). The first kappa shape index (κ1) is 19.0. The van der Waals surface area contributed by atoms with Gasteiger partial charge in [-0.1, -0.05) is 37.7 Å². The highest BCUT2D eigenvalue weighted by molar-refractivity contribution is 7.99. The molecule has 0 atom stereocenters. The minimum Gasteiger partial charge on any atom is -0.497 e. The van der Waals surface area contributed by atoms with E-state index in [1.165, 1.54) is 17.3 Å². The van der Waals surface area contributed by atoms with Gasteiger partial charge in [0.15, 0.2) is 5.82 Å². The van der Waals surface area contributed by atoms with Crippen LogP contribution in [-0.2, 0) is 4.79 Å². The van der Waals surface area contributed by atoms with Gasteiger partial charge in [-0.25, -0.2) is 4.98 Å². The molecule has 0 fully saturated rings. The monoisotopic (exact) mass is 382 g/mol. The number of nitrogens with one attached hydrogen (secondary N) is 2. The molecule has 0 bridgehead atoms. The van der Waals surface area contributed by atoms with E-state index in [1.54, 1.807) is 7.11 Å². The molecule has 0 aliphatic rings. The molecule has 3 aromatic rings. The third kappa shape index (κ3) is 5.10. The van der Waals surface area contributed by atoms with Crippen molar-refractivity contribution in [2.45, 2.75) is 24.9 Å². The Morgan fingerprint density at radius 1 is 1.22 bits per heavy atom. The van der Waals surface area contributed by atoms with Crippen LogP contribution in [0, 0.1) is 0 Å². The van der Waals surface area contributed by atoms with E-state index in [1.807, 2.05) is 42.5 Å². The number of hydrogen-bond acceptors (Lipinski definition) is 5. The van der Waals surface area contributed by atoms with Gasteiger partial charge in [0.1, 0.15) is 5.75 Å². The Labute approximate surface area is 162 Å². The molecule has 0 aliphatic carbocycles. The molecule has 140 valence electrons. The van der Waals surface area contributed by atoms with E-state index in [-0.39, 0.29) is 11.7 Å². The highest BCUT2D eigenvalue weighted by Gasteiger charge is 2.10. The molecule has 7 heteroatoms. The third-order valence-electron chi connectivity index (χ3n) is 4.00. The molecule has 1 amide bonds. The fourth-order valence-corrected chi connectivity index (χ4v) is 3.09. The van der Waals surface area contributed by atoms with Crippen molar-refractivity contribution in [1.29, 1.82) is 0 Å². The number of nitrogens with zero attached hydrogens (tertiary/aromatic N) is 2. The van der Waals surface area contributed by atoms with Gasteiger partial charge in [0.25, 0.3) is 0 Å². The topological polar surface area (TPSA) is 79.9 Å². The number of anilines is 1. The number of aromatic amines is 1. The van der Waals surface area contributed by atoms with Crippen LogP contribution in [0.15, 0.2) is 53.7 Å². The maximum absolute atomic E-state index is 12.2. The van der Waals surface area contributed by atoms with E-state index < -0.39 is 0 Å². The minimum absolute atomic E-state index is 0.0864. The van der Waals surface area contributed by atoms with Crippen LogP contribution in [0.3, 0.4) is 0 Å². The van der Waals surface area contributed by atoms with Crippen molar-refractivity contribution in [3.63, 3.8) is 0 Å². The second kappa shape index (κ2) is 8.73. The molecule has 0 radical (unpaired) electrons. The summed E-state index contributed by atoms with van der Waals surface area (Å²) in [6.07, 6.45) is 0. The average Bonchev–Trinajstić information content (AvgIpc) is 3.16. The van der Waals surface area contributed by atoms with Gasteiger partial charge >= 0.3 is 0 Å². The first-order chi connectivity index (χ1) is 13.0. The summed E-state index contributed by atoms with van der Waals surface area (Å²) in [5, 5.41) is 10.5. The highest BCUT2D eigenvalue weighted by atomic mass is 32.2. The Morgan fingerprint density at radius 3 is 2.70 bits per heavy atom. The fraction of sp³-hybridized carbons (Fsp3) is 0.250. The molecule has 0 saturated carbocycles. The number of ether oxygens (including phenoxy) is 1. The van der Waals surface area contributed by atoms with E-state index in [4.69, 9.17) is 4.74 Å². The summed E-state index contributed by atoms with van der Waals surface area (Å²) >= 11 is 1.29. The highest BCUT2D eigenvalue weighted by Crippen LogP contribution is 2.22. The number of aromatic nitrogens is 3. The van der Waals surface area contributed by atoms with Crippen molar-refractivity contribution in [3.05, 3.63) is 54.1 Å². The lowest BCUT2D eigenvalue weighted by Gasteiger charge is -2.09. The van der Waals surface area contributed by atoms with Crippen molar-refractivity contribution in [2.75, 3.05) is 18.2 Å². The number of H-pyrrole nitrogens is 1. The van der Waals surface area contributed by atoms with E-state index in [2.05, 4.69) is 40.4 Å². The molecule has 0 unspecified atom stereocenters. The predicted octanol–water partition coefficient (Wildman–Crippen LogP) is 4.33. The molecular formula is C20H22N4O2S. The normalized spacial score (nSPS) is 10.8. The van der Waals surface area contributed by atoms with Crippen LogP contribution in [0.2, 0.25) is 0 Å². The van der Waals surface area contributed by atoms with Crippen molar-refractivity contribution in [2.24, 2.45) is 0 Å². The summed E-state index contributed by atoms with van der Waals surface area (Å²) in [6.45, 7) is 4.25. The molecule has 0 spiro atoms. The van der Waals surface area contributed by atoms with E-state index in [0.29, 0.717) is 16.9 Å². The van der Waals surface area contributed by atoms with E-state index in [0.717, 1.165) is 17.0 Å². The van der Waals surface area contributed by atoms with Crippen LogP contribution in [0.25, 0.3) is 11.4 Å². The molecular weight excluding hydrogens is 360 g/mol. The molecule has 1 heterocycles. The molecule has 1 aromatic heterocycles. The quantitative estimate of drug-likeness (QED) is 0.595. The van der Waals surface area contributed by atoms with Crippen molar-refractivity contribution in [1.82, 2.24) is 15.2 Å². The van der Waals surface area contributed by atoms with E-state index in [9.17, 15) is 4.79 Å². The molecule has 27 heavy (non-hydrogen) atoms. The Bertz CT molecular complexity index is 906. The van der Waals surface area contributed by atoms with Crippen LogP contribution >= 0.6 is 11.8 Å². The van der Waals surface area contributed by atoms with Crippen LogP contribution < -0.4 is 10.1 Å². The minimum atomic E-state index is -0.0864. The average molecular weight is 382 g/mol. The number of amides is 1. The summed E-state index contributed by atoms with van der Waals surface area (Å²) in [4.78, 5) is 16.6. The summed E-state index contributed by atoms with van der Waals surface area (Å²) in [5.41, 5.74) is 2.91. The molecule has 6 nitrogen and oxygen atoms in total. The summed E-state index contributed by atoms with van der Waals surface area (Å²) in [5.74, 6) is 2.01. The third-order valence-corrected chi connectivity index (χ3v) is 4.85. The zero-order valence-corrected chi connectivity index (χ0v) is 16.3. The lowest BCUT2D eigenvalue weighted by atomic mass is 10.0. The van der Waals surface area contributed by atoms with Gasteiger partial charge in [0, 0.05) is 11.3 Å². The largest absolute Gasteiger partial charge is 0.497 e. The van der Waals surface area contributed by atoms with Gasteiger partial charge in [-0.2, -0.15) is 0 Å². The number of thioether (sulfide) groups is 1. The smallest absolute Gasteiger partial charge is 0.234 e. The summed E-state index contributed by atoms with van der Waals surface area (Å²) < 4.78 is 5.15. The second-order valence-electron chi connectivity index (χ2n) is 6.31. The number of benzene rings is 2. The first-order valence-electron chi connectivity index (χ1n) is 8.64. The van der Waals surface area contributed by atoms with Crippen molar-refractivity contribution in [3.8, 4) is 17.1 Å². The lowest BCUT2D eigenvalue weighted by molar-refractivity contribution is -0.113. The molecule has 0 saturated heterocycles. The Hall–Kier alpha value is -2.80. The summed E-state index contributed by atoms with van der Waals surface area (Å²) in [7, 11) is 1.63. The van der Waals surface area contributed by atoms with Crippen molar-refractivity contribution >= 4 is 23.4 Å². The van der Waals surface area contributed by atoms with Crippen LogP contribution in [0.5, 0.6) is 5.75 Å². The Balaban J connectivity index is 1.56. The van der Waals surface area contributed by atoms with Crippen molar-refractivity contribution < 1.29 is 9.53 Å². The Kier molecular flexibility index (Phi) is 6.13. The van der Waals surface area contributed by atoms with Crippen LogP contribution in [0.4, 0.5) is 5.69 Å². The summed E-state index contributed by atoms with van der Waals surface area (Å²) in [6, 6.07) is 15.4. The second-order valence-corrected chi connectivity index (χ2v) is 7.25. The van der Waals surface area contributed by atoms with E-state index >= 15 is 0 Å². The van der Waals surface area contributed by atoms with Gasteiger partial charge in [0.05, 0.1) is 12.9 Å².